The van der Waals surface area contributed by atoms with E-state index in [2.05, 4.69) is 15.3 Å². The summed E-state index contributed by atoms with van der Waals surface area (Å²) in [4.78, 5) is 47.1. The molecule has 0 unspecified atom stereocenters. The number of rotatable bonds is 6. The second kappa shape index (κ2) is 8.94. The lowest BCUT2D eigenvalue weighted by Gasteiger charge is -2.32. The van der Waals surface area contributed by atoms with Crippen LogP contribution in [0.1, 0.15) is 27.8 Å². The average Bonchev–Trinajstić information content (AvgIpc) is 2.74. The molecule has 9 nitrogen and oxygen atoms in total. The smallest absolute Gasteiger partial charge is 0.340 e. The molecule has 0 radical (unpaired) electrons. The van der Waals surface area contributed by atoms with Gasteiger partial charge >= 0.3 is 5.97 Å². The molecule has 3 rings (SSSR count). The first-order valence-electron chi connectivity index (χ1n) is 8.96. The van der Waals surface area contributed by atoms with E-state index >= 15 is 0 Å². The Labute approximate surface area is 162 Å². The van der Waals surface area contributed by atoms with E-state index in [1.807, 2.05) is 0 Å². The van der Waals surface area contributed by atoms with E-state index in [1.165, 1.54) is 12.4 Å². The van der Waals surface area contributed by atoms with E-state index in [-0.39, 0.29) is 18.2 Å². The zero-order valence-electron chi connectivity index (χ0n) is 15.5. The van der Waals surface area contributed by atoms with Crippen molar-refractivity contribution in [1.29, 1.82) is 0 Å². The number of hydrogen-bond acceptors (Lipinski definition) is 7. The number of nitrogens with one attached hydrogen (secondary N) is 1. The lowest BCUT2D eigenvalue weighted by atomic mass is 10.2. The number of carbonyl (C=O) groups excluding carboxylic acids is 3. The largest absolute Gasteiger partial charge is 0.462 e. The van der Waals surface area contributed by atoms with E-state index in [9.17, 15) is 14.4 Å². The van der Waals surface area contributed by atoms with Crippen molar-refractivity contribution in [3.05, 3.63) is 47.9 Å². The zero-order chi connectivity index (χ0) is 19.9. The molecule has 1 N–H and O–H groups in total. The van der Waals surface area contributed by atoms with Crippen LogP contribution in [0.15, 0.2) is 36.7 Å². The SMILES string of the molecule is CCOC(=O)c1ccccc1Nc1cc(C(=O)N2CCN(C=O)CC2)ncn1. The van der Waals surface area contributed by atoms with Gasteiger partial charge in [0, 0.05) is 32.2 Å². The average molecular weight is 383 g/mol. The lowest BCUT2D eigenvalue weighted by molar-refractivity contribution is -0.119. The normalized spacial score (nSPS) is 13.8. The fraction of sp³-hybridized carbons (Fsp3) is 0.316. The van der Waals surface area contributed by atoms with Crippen LogP contribution in [0, 0.1) is 0 Å². The Hall–Kier alpha value is -3.49. The summed E-state index contributed by atoms with van der Waals surface area (Å²) < 4.78 is 5.06. The molecule has 1 aromatic carbocycles. The van der Waals surface area contributed by atoms with Gasteiger partial charge in [0.1, 0.15) is 17.8 Å². The number of nitrogens with zero attached hydrogens (tertiary/aromatic N) is 4. The highest BCUT2D eigenvalue weighted by Crippen LogP contribution is 2.21. The quantitative estimate of drug-likeness (QED) is 0.592. The molecule has 1 aliphatic heterocycles. The van der Waals surface area contributed by atoms with Crippen molar-refractivity contribution in [2.75, 3.05) is 38.1 Å². The Morgan fingerprint density at radius 1 is 1.18 bits per heavy atom. The van der Waals surface area contributed by atoms with Gasteiger partial charge in [0.05, 0.1) is 17.9 Å². The predicted molar refractivity (Wildman–Crippen MR) is 101 cm³/mol. The topological polar surface area (TPSA) is 105 Å². The number of ether oxygens (including phenoxy) is 1. The monoisotopic (exact) mass is 383 g/mol. The van der Waals surface area contributed by atoms with E-state index in [4.69, 9.17) is 4.74 Å². The molecular weight excluding hydrogens is 362 g/mol. The van der Waals surface area contributed by atoms with Gasteiger partial charge in [-0.3, -0.25) is 9.59 Å². The maximum absolute atomic E-state index is 12.7. The van der Waals surface area contributed by atoms with Crippen LogP contribution in [-0.4, -0.2) is 70.8 Å². The molecule has 0 aliphatic carbocycles. The highest BCUT2D eigenvalue weighted by Gasteiger charge is 2.22. The highest BCUT2D eigenvalue weighted by atomic mass is 16.5. The molecule has 1 fully saturated rings. The van der Waals surface area contributed by atoms with Gasteiger partial charge in [-0.05, 0) is 19.1 Å². The predicted octanol–water partition coefficient (Wildman–Crippen LogP) is 1.31. The van der Waals surface area contributed by atoms with Crippen molar-refractivity contribution in [2.24, 2.45) is 0 Å². The van der Waals surface area contributed by atoms with Gasteiger partial charge in [0.15, 0.2) is 0 Å². The molecule has 0 spiro atoms. The molecule has 2 heterocycles. The van der Waals surface area contributed by atoms with Crippen LogP contribution in [0.4, 0.5) is 11.5 Å². The molecule has 146 valence electrons. The van der Waals surface area contributed by atoms with Crippen LogP contribution < -0.4 is 5.32 Å². The Balaban J connectivity index is 1.75. The summed E-state index contributed by atoms with van der Waals surface area (Å²) >= 11 is 0. The van der Waals surface area contributed by atoms with Crippen LogP contribution in [0.25, 0.3) is 0 Å². The van der Waals surface area contributed by atoms with Crippen molar-refractivity contribution in [3.63, 3.8) is 0 Å². The lowest BCUT2D eigenvalue weighted by Crippen LogP contribution is -2.48. The number of para-hydroxylation sites is 1. The highest BCUT2D eigenvalue weighted by molar-refractivity contribution is 5.97. The number of carbonyl (C=O) groups is 3. The molecule has 0 atom stereocenters. The van der Waals surface area contributed by atoms with E-state index in [0.29, 0.717) is 43.2 Å². The standard InChI is InChI=1S/C19H21N5O4/c1-2-28-19(27)14-5-3-4-6-15(14)22-17-11-16(20-12-21-17)18(26)24-9-7-23(13-25)8-10-24/h3-6,11-13H,2,7-10H2,1H3,(H,20,21,22). The zero-order valence-corrected chi connectivity index (χ0v) is 15.5. The Kier molecular flexibility index (Phi) is 6.15. The van der Waals surface area contributed by atoms with Gasteiger partial charge in [-0.2, -0.15) is 0 Å². The third-order valence-electron chi connectivity index (χ3n) is 4.32. The first-order chi connectivity index (χ1) is 13.6. The summed E-state index contributed by atoms with van der Waals surface area (Å²) in [5.41, 5.74) is 1.14. The van der Waals surface area contributed by atoms with Crippen LogP contribution in [0.5, 0.6) is 0 Å². The minimum absolute atomic E-state index is 0.227. The molecular formula is C19H21N5O4. The van der Waals surface area contributed by atoms with Gasteiger partial charge in [-0.25, -0.2) is 14.8 Å². The van der Waals surface area contributed by atoms with Gasteiger partial charge < -0.3 is 19.9 Å². The number of benzene rings is 1. The first kappa shape index (κ1) is 19.3. The van der Waals surface area contributed by atoms with Crippen molar-refractivity contribution in [1.82, 2.24) is 19.8 Å². The third-order valence-corrected chi connectivity index (χ3v) is 4.32. The number of amides is 2. The molecule has 9 heteroatoms. The maximum Gasteiger partial charge on any atom is 0.340 e. The van der Waals surface area contributed by atoms with Crippen molar-refractivity contribution in [2.45, 2.75) is 6.92 Å². The Bertz CT molecular complexity index is 865. The fourth-order valence-electron chi connectivity index (χ4n) is 2.85. The van der Waals surface area contributed by atoms with E-state index < -0.39 is 5.97 Å². The summed E-state index contributed by atoms with van der Waals surface area (Å²) in [6, 6.07) is 8.45. The minimum atomic E-state index is -0.441. The van der Waals surface area contributed by atoms with Crippen molar-refractivity contribution < 1.29 is 19.1 Å². The molecule has 2 aromatic rings. The summed E-state index contributed by atoms with van der Waals surface area (Å²) in [6.45, 7) is 3.92. The third kappa shape index (κ3) is 4.43. The second-order valence-electron chi connectivity index (χ2n) is 6.11. The summed E-state index contributed by atoms with van der Waals surface area (Å²) in [7, 11) is 0. The van der Waals surface area contributed by atoms with Crippen LogP contribution >= 0.6 is 0 Å². The minimum Gasteiger partial charge on any atom is -0.462 e. The van der Waals surface area contributed by atoms with Gasteiger partial charge in [-0.15, -0.1) is 0 Å². The van der Waals surface area contributed by atoms with Gasteiger partial charge in [-0.1, -0.05) is 12.1 Å². The summed E-state index contributed by atoms with van der Waals surface area (Å²) in [5.74, 6) is -0.277. The summed E-state index contributed by atoms with van der Waals surface area (Å²) in [5, 5.41) is 3.05. The maximum atomic E-state index is 12.7. The van der Waals surface area contributed by atoms with Crippen molar-refractivity contribution >= 4 is 29.8 Å². The number of esters is 1. The molecule has 0 bridgehead atoms. The molecule has 1 saturated heterocycles. The Morgan fingerprint density at radius 2 is 1.93 bits per heavy atom. The number of piperazine rings is 1. The van der Waals surface area contributed by atoms with E-state index in [1.54, 1.807) is 41.0 Å². The van der Waals surface area contributed by atoms with Crippen LogP contribution in [-0.2, 0) is 9.53 Å². The second-order valence-corrected chi connectivity index (χ2v) is 6.11. The fourth-order valence-corrected chi connectivity index (χ4v) is 2.85. The number of hydrogen-bond donors (Lipinski definition) is 1. The van der Waals surface area contributed by atoms with Crippen LogP contribution in [0.2, 0.25) is 0 Å². The molecule has 0 saturated carbocycles. The number of anilines is 2. The van der Waals surface area contributed by atoms with E-state index in [0.717, 1.165) is 6.41 Å². The molecule has 1 aliphatic rings. The molecule has 2 amide bonds. The van der Waals surface area contributed by atoms with Gasteiger partial charge in [0.25, 0.3) is 5.91 Å². The van der Waals surface area contributed by atoms with Gasteiger partial charge in [0.2, 0.25) is 6.41 Å². The Morgan fingerprint density at radius 3 is 2.64 bits per heavy atom. The molecule has 28 heavy (non-hydrogen) atoms. The van der Waals surface area contributed by atoms with Crippen LogP contribution in [0.3, 0.4) is 0 Å². The summed E-state index contributed by atoms with van der Waals surface area (Å²) in [6.07, 6.45) is 2.08. The molecule has 1 aromatic heterocycles. The first-order valence-corrected chi connectivity index (χ1v) is 8.96. The van der Waals surface area contributed by atoms with Crippen molar-refractivity contribution in [3.8, 4) is 0 Å². The number of aromatic nitrogens is 2.